The van der Waals surface area contributed by atoms with Crippen LogP contribution in [0.5, 0.6) is 0 Å². The first kappa shape index (κ1) is 22.9. The Morgan fingerprint density at radius 1 is 1.19 bits per heavy atom. The number of hydrogen-bond donors (Lipinski definition) is 0. The van der Waals surface area contributed by atoms with Crippen LogP contribution in [0.3, 0.4) is 0 Å². The number of carbonyl (C=O) groups excluding carboxylic acids is 1. The summed E-state index contributed by atoms with van der Waals surface area (Å²) in [6.45, 7) is 5.44. The highest BCUT2D eigenvalue weighted by Crippen LogP contribution is 2.46. The van der Waals surface area contributed by atoms with E-state index in [1.807, 2.05) is 11.0 Å². The first-order valence-corrected chi connectivity index (χ1v) is 12.6. The van der Waals surface area contributed by atoms with Gasteiger partial charge in [0.1, 0.15) is 10.7 Å². The second-order valence-corrected chi connectivity index (χ2v) is 11.4. The molecule has 6 nitrogen and oxygen atoms in total. The van der Waals surface area contributed by atoms with Gasteiger partial charge in [-0.3, -0.25) is 9.78 Å². The molecule has 2 aromatic rings. The minimum atomic E-state index is -3.62. The van der Waals surface area contributed by atoms with E-state index in [9.17, 15) is 17.6 Å². The number of pyridine rings is 1. The predicted octanol–water partition coefficient (Wildman–Crippen LogP) is 3.49. The van der Waals surface area contributed by atoms with Crippen LogP contribution in [-0.2, 0) is 21.2 Å². The molecule has 1 spiro atoms. The summed E-state index contributed by atoms with van der Waals surface area (Å²) in [7, 11) is -3.62. The molecule has 8 heteroatoms. The molecule has 1 aromatic heterocycles. The van der Waals surface area contributed by atoms with Crippen molar-refractivity contribution in [3.8, 4) is 0 Å². The quantitative estimate of drug-likeness (QED) is 0.663. The van der Waals surface area contributed by atoms with Crippen molar-refractivity contribution in [1.82, 2.24) is 14.2 Å². The fraction of sp³-hybridized carbons (Fsp3) is 0.500. The summed E-state index contributed by atoms with van der Waals surface area (Å²) in [6.07, 6.45) is 5.19. The maximum atomic E-state index is 13.7. The fourth-order valence-electron chi connectivity index (χ4n) is 5.08. The summed E-state index contributed by atoms with van der Waals surface area (Å²) in [4.78, 5) is 19.7. The molecule has 172 valence electrons. The molecule has 3 heterocycles. The molecule has 4 rings (SSSR count). The molecule has 2 fully saturated rings. The summed E-state index contributed by atoms with van der Waals surface area (Å²) >= 11 is 0. The van der Waals surface area contributed by atoms with Crippen LogP contribution in [0.25, 0.3) is 0 Å². The van der Waals surface area contributed by atoms with E-state index in [2.05, 4.69) is 18.8 Å². The molecule has 0 N–H and O–H groups in total. The molecular weight excluding hydrogens is 429 g/mol. The summed E-state index contributed by atoms with van der Waals surface area (Å²) in [5.74, 6) is 0.159. The van der Waals surface area contributed by atoms with Crippen molar-refractivity contribution in [1.29, 1.82) is 0 Å². The van der Waals surface area contributed by atoms with E-state index in [0.717, 1.165) is 5.56 Å². The van der Waals surface area contributed by atoms with E-state index in [0.29, 0.717) is 51.2 Å². The molecular formula is C24H30FN3O3S. The van der Waals surface area contributed by atoms with Gasteiger partial charge in [-0.15, -0.1) is 0 Å². The highest BCUT2D eigenvalue weighted by Gasteiger charge is 2.53. The van der Waals surface area contributed by atoms with E-state index in [1.165, 1.54) is 22.6 Å². The molecule has 2 aliphatic rings. The summed E-state index contributed by atoms with van der Waals surface area (Å²) in [5, 5.41) is 0. The Morgan fingerprint density at radius 2 is 1.94 bits per heavy atom. The molecule has 2 aliphatic heterocycles. The zero-order chi connectivity index (χ0) is 22.9. The van der Waals surface area contributed by atoms with Crippen molar-refractivity contribution in [2.75, 3.05) is 19.6 Å². The first-order valence-electron chi connectivity index (χ1n) is 11.2. The summed E-state index contributed by atoms with van der Waals surface area (Å²) in [5.41, 5.74) is 0.332. The average molecular weight is 460 g/mol. The van der Waals surface area contributed by atoms with Crippen molar-refractivity contribution in [2.45, 2.75) is 50.5 Å². The molecule has 2 saturated heterocycles. The first-order chi connectivity index (χ1) is 15.2. The lowest BCUT2D eigenvalue weighted by Gasteiger charge is -2.37. The number of piperidine rings is 1. The van der Waals surface area contributed by atoms with Crippen molar-refractivity contribution in [2.24, 2.45) is 11.3 Å². The van der Waals surface area contributed by atoms with Gasteiger partial charge in [-0.1, -0.05) is 26.0 Å². The predicted molar refractivity (Wildman–Crippen MR) is 120 cm³/mol. The standard InChI is InChI=1S/C24H30FN3O3S/c1-18(2)17-28-21(14-19-5-3-6-20(25)13-19)15-24(23(28)29)8-11-27(12-9-24)32(30,31)22-7-4-10-26-16-22/h3-7,10,13,16,18,21H,8-9,11-12,14-15,17H2,1-2H3. The van der Waals surface area contributed by atoms with Gasteiger partial charge in [-0.05, 0) is 61.4 Å². The van der Waals surface area contributed by atoms with Gasteiger partial charge in [-0.2, -0.15) is 4.31 Å². The van der Waals surface area contributed by atoms with E-state index >= 15 is 0 Å². The Balaban J connectivity index is 1.52. The summed E-state index contributed by atoms with van der Waals surface area (Å²) in [6, 6.07) is 9.71. The normalized spacial score (nSPS) is 21.6. The molecule has 0 bridgehead atoms. The number of rotatable bonds is 6. The van der Waals surface area contributed by atoms with Gasteiger partial charge in [0, 0.05) is 38.1 Å². The Bertz CT molecular complexity index is 1070. The summed E-state index contributed by atoms with van der Waals surface area (Å²) < 4.78 is 41.1. The second kappa shape index (κ2) is 8.90. The van der Waals surface area contributed by atoms with Crippen LogP contribution in [0.2, 0.25) is 0 Å². The van der Waals surface area contributed by atoms with Crippen molar-refractivity contribution >= 4 is 15.9 Å². The zero-order valence-corrected chi connectivity index (χ0v) is 19.4. The highest BCUT2D eigenvalue weighted by atomic mass is 32.2. The maximum Gasteiger partial charge on any atom is 0.244 e. The Morgan fingerprint density at radius 3 is 2.56 bits per heavy atom. The van der Waals surface area contributed by atoms with E-state index in [1.54, 1.807) is 24.4 Å². The number of benzene rings is 1. The third-order valence-electron chi connectivity index (χ3n) is 6.66. The van der Waals surface area contributed by atoms with Crippen LogP contribution in [0.4, 0.5) is 4.39 Å². The van der Waals surface area contributed by atoms with Crippen molar-refractivity contribution in [3.05, 3.63) is 60.2 Å². The van der Waals surface area contributed by atoms with Gasteiger partial charge in [-0.25, -0.2) is 12.8 Å². The number of aromatic nitrogens is 1. The zero-order valence-electron chi connectivity index (χ0n) is 18.6. The molecule has 0 radical (unpaired) electrons. The maximum absolute atomic E-state index is 13.7. The fourth-order valence-corrected chi connectivity index (χ4v) is 6.49. The van der Waals surface area contributed by atoms with Gasteiger partial charge in [0.15, 0.2) is 0 Å². The molecule has 32 heavy (non-hydrogen) atoms. The number of likely N-dealkylation sites (tertiary alicyclic amines) is 1. The molecule has 1 unspecified atom stereocenters. The lowest BCUT2D eigenvalue weighted by Crippen LogP contribution is -2.47. The van der Waals surface area contributed by atoms with Crippen LogP contribution in [-0.4, -0.2) is 54.2 Å². The van der Waals surface area contributed by atoms with Crippen LogP contribution in [0, 0.1) is 17.2 Å². The number of amides is 1. The molecule has 0 saturated carbocycles. The number of nitrogens with zero attached hydrogens (tertiary/aromatic N) is 3. The third-order valence-corrected chi connectivity index (χ3v) is 8.54. The van der Waals surface area contributed by atoms with Crippen LogP contribution in [0.1, 0.15) is 38.7 Å². The monoisotopic (exact) mass is 459 g/mol. The Labute approximate surface area is 189 Å². The number of hydrogen-bond acceptors (Lipinski definition) is 4. The number of sulfonamides is 1. The van der Waals surface area contributed by atoms with Gasteiger partial charge in [0.25, 0.3) is 0 Å². The smallest absolute Gasteiger partial charge is 0.244 e. The van der Waals surface area contributed by atoms with Gasteiger partial charge >= 0.3 is 0 Å². The minimum absolute atomic E-state index is 0.00631. The van der Waals surface area contributed by atoms with Crippen LogP contribution >= 0.6 is 0 Å². The molecule has 1 amide bonds. The second-order valence-electron chi connectivity index (χ2n) is 9.42. The molecule has 0 aliphatic carbocycles. The number of halogens is 1. The lowest BCUT2D eigenvalue weighted by atomic mass is 9.76. The van der Waals surface area contributed by atoms with E-state index in [4.69, 9.17) is 0 Å². The van der Waals surface area contributed by atoms with Crippen LogP contribution < -0.4 is 0 Å². The Kier molecular flexibility index (Phi) is 6.36. The SMILES string of the molecule is CC(C)CN1C(=O)C2(CCN(S(=O)(=O)c3cccnc3)CC2)CC1Cc1cccc(F)c1. The van der Waals surface area contributed by atoms with Gasteiger partial charge in [0.05, 0.1) is 5.41 Å². The van der Waals surface area contributed by atoms with E-state index < -0.39 is 15.4 Å². The average Bonchev–Trinajstić information content (AvgIpc) is 2.99. The van der Waals surface area contributed by atoms with Gasteiger partial charge in [0.2, 0.25) is 15.9 Å². The number of carbonyl (C=O) groups is 1. The van der Waals surface area contributed by atoms with Crippen molar-refractivity contribution < 1.29 is 17.6 Å². The van der Waals surface area contributed by atoms with E-state index in [-0.39, 0.29) is 22.7 Å². The third kappa shape index (κ3) is 4.43. The largest absolute Gasteiger partial charge is 0.339 e. The highest BCUT2D eigenvalue weighted by molar-refractivity contribution is 7.89. The molecule has 1 aromatic carbocycles. The molecule has 1 atom stereocenters. The lowest BCUT2D eigenvalue weighted by molar-refractivity contribution is -0.139. The Hall–Kier alpha value is -2.32. The van der Waals surface area contributed by atoms with Gasteiger partial charge < -0.3 is 4.90 Å². The van der Waals surface area contributed by atoms with Crippen LogP contribution in [0.15, 0.2) is 53.7 Å². The van der Waals surface area contributed by atoms with Crippen molar-refractivity contribution in [3.63, 3.8) is 0 Å². The minimum Gasteiger partial charge on any atom is -0.339 e. The topological polar surface area (TPSA) is 70.6 Å².